The van der Waals surface area contributed by atoms with Crippen molar-refractivity contribution in [2.45, 2.75) is 40.3 Å². The number of hydrogen-bond acceptors (Lipinski definition) is 5. The van der Waals surface area contributed by atoms with Gasteiger partial charge in [-0.1, -0.05) is 6.92 Å². The highest BCUT2D eigenvalue weighted by Gasteiger charge is 2.06. The molecule has 0 aliphatic carbocycles. The highest BCUT2D eigenvalue weighted by Crippen LogP contribution is 2.07. The van der Waals surface area contributed by atoms with Gasteiger partial charge in [-0.25, -0.2) is 4.98 Å². The topological polar surface area (TPSA) is 93.2 Å². The molecule has 2 aromatic rings. The minimum absolute atomic E-state index is 0.501. The van der Waals surface area contributed by atoms with Crippen molar-refractivity contribution in [1.82, 2.24) is 30.4 Å². The van der Waals surface area contributed by atoms with E-state index in [1.165, 1.54) is 0 Å². The molecular weight excluding hydrogens is 282 g/mol. The van der Waals surface area contributed by atoms with Gasteiger partial charge in [-0.2, -0.15) is 0 Å². The molecule has 0 bridgehead atoms. The van der Waals surface area contributed by atoms with Gasteiger partial charge in [0.2, 0.25) is 5.89 Å². The number of aromatic nitrogens is 4. The van der Waals surface area contributed by atoms with Crippen LogP contribution >= 0.6 is 0 Å². The first-order valence-corrected chi connectivity index (χ1v) is 7.38. The van der Waals surface area contributed by atoms with E-state index in [-0.39, 0.29) is 0 Å². The lowest BCUT2D eigenvalue weighted by Crippen LogP contribution is -2.38. The van der Waals surface area contributed by atoms with Crippen LogP contribution < -0.4 is 10.6 Å². The van der Waals surface area contributed by atoms with Gasteiger partial charge in [0.1, 0.15) is 17.9 Å². The molecule has 0 atom stereocenters. The Morgan fingerprint density at radius 3 is 2.82 bits per heavy atom. The highest BCUT2D eigenvalue weighted by atomic mass is 16.4. The summed E-state index contributed by atoms with van der Waals surface area (Å²) < 4.78 is 7.55. The Kier molecular flexibility index (Phi) is 5.51. The Morgan fingerprint density at radius 2 is 2.18 bits per heavy atom. The summed E-state index contributed by atoms with van der Waals surface area (Å²) in [6.45, 7) is 7.92. The highest BCUT2D eigenvalue weighted by molar-refractivity contribution is 5.79. The maximum atomic E-state index is 5.53. The van der Waals surface area contributed by atoms with E-state index in [0.717, 1.165) is 36.8 Å². The maximum Gasteiger partial charge on any atom is 0.214 e. The zero-order valence-electron chi connectivity index (χ0n) is 13.6. The minimum Gasteiger partial charge on any atom is -0.444 e. The number of oxazole rings is 1. The van der Waals surface area contributed by atoms with E-state index in [9.17, 15) is 0 Å². The molecule has 2 heterocycles. The molecule has 0 saturated heterocycles. The van der Waals surface area contributed by atoms with Crippen molar-refractivity contribution in [3.8, 4) is 0 Å². The molecule has 2 aromatic heterocycles. The van der Waals surface area contributed by atoms with Crippen LogP contribution in [0.25, 0.3) is 0 Å². The van der Waals surface area contributed by atoms with E-state index in [1.54, 1.807) is 13.4 Å². The fourth-order valence-electron chi connectivity index (χ4n) is 2.03. The van der Waals surface area contributed by atoms with E-state index in [2.05, 4.69) is 37.7 Å². The number of aryl methyl sites for hydroxylation is 3. The van der Waals surface area contributed by atoms with Gasteiger partial charge in [-0.15, -0.1) is 10.2 Å². The molecule has 8 heteroatoms. The predicted octanol–water partition coefficient (Wildman–Crippen LogP) is 0.811. The van der Waals surface area contributed by atoms with E-state index in [4.69, 9.17) is 4.42 Å². The van der Waals surface area contributed by atoms with Crippen LogP contribution in [0.15, 0.2) is 15.7 Å². The second-order valence-corrected chi connectivity index (χ2v) is 4.90. The molecule has 0 spiro atoms. The second kappa shape index (κ2) is 7.58. The summed E-state index contributed by atoms with van der Waals surface area (Å²) >= 11 is 0. The van der Waals surface area contributed by atoms with Crippen molar-refractivity contribution in [2.24, 2.45) is 4.99 Å². The molecule has 0 aliphatic heterocycles. The van der Waals surface area contributed by atoms with Crippen LogP contribution in [0.1, 0.15) is 30.1 Å². The monoisotopic (exact) mass is 305 g/mol. The molecule has 0 fully saturated rings. The Labute approximate surface area is 130 Å². The molecule has 2 rings (SSSR count). The Hall–Kier alpha value is -2.38. The molecule has 0 unspecified atom stereocenters. The van der Waals surface area contributed by atoms with Crippen LogP contribution in [-0.4, -0.2) is 39.3 Å². The third-order valence-electron chi connectivity index (χ3n) is 3.36. The standard InChI is InChI=1S/C14H23N7O/c1-5-12-20-18-9-21(12)7-6-16-14(15-4)17-8-13-19-10(2)11(3)22-13/h9H,5-8H2,1-4H3,(H2,15,16,17). The van der Waals surface area contributed by atoms with Crippen LogP contribution in [0.5, 0.6) is 0 Å². The summed E-state index contributed by atoms with van der Waals surface area (Å²) in [6.07, 6.45) is 2.62. The summed E-state index contributed by atoms with van der Waals surface area (Å²) in [5.74, 6) is 3.19. The molecule has 0 aromatic carbocycles. The quantitative estimate of drug-likeness (QED) is 0.606. The van der Waals surface area contributed by atoms with Gasteiger partial charge >= 0.3 is 0 Å². The van der Waals surface area contributed by atoms with Crippen molar-refractivity contribution in [3.63, 3.8) is 0 Å². The average molecular weight is 305 g/mol. The maximum absolute atomic E-state index is 5.53. The van der Waals surface area contributed by atoms with Crippen molar-refractivity contribution in [2.75, 3.05) is 13.6 Å². The third-order valence-corrected chi connectivity index (χ3v) is 3.36. The summed E-state index contributed by atoms with van der Waals surface area (Å²) in [7, 11) is 1.73. The fourth-order valence-corrected chi connectivity index (χ4v) is 2.03. The van der Waals surface area contributed by atoms with Gasteiger partial charge in [0.05, 0.1) is 12.2 Å². The molecule has 8 nitrogen and oxygen atoms in total. The molecule has 22 heavy (non-hydrogen) atoms. The molecule has 0 amide bonds. The predicted molar refractivity (Wildman–Crippen MR) is 83.6 cm³/mol. The fraction of sp³-hybridized carbons (Fsp3) is 0.571. The zero-order valence-corrected chi connectivity index (χ0v) is 13.6. The number of guanidine groups is 1. The molecule has 120 valence electrons. The lowest BCUT2D eigenvalue weighted by atomic mass is 10.4. The first kappa shape index (κ1) is 16.0. The summed E-state index contributed by atoms with van der Waals surface area (Å²) in [4.78, 5) is 8.51. The molecular formula is C14H23N7O. The van der Waals surface area contributed by atoms with Crippen molar-refractivity contribution < 1.29 is 4.42 Å². The summed E-state index contributed by atoms with van der Waals surface area (Å²) in [5.41, 5.74) is 0.916. The van der Waals surface area contributed by atoms with Crippen LogP contribution in [0, 0.1) is 13.8 Å². The molecule has 0 aliphatic rings. The summed E-state index contributed by atoms with van der Waals surface area (Å²) in [5, 5.41) is 14.4. The molecule has 0 radical (unpaired) electrons. The third kappa shape index (κ3) is 4.06. The van der Waals surface area contributed by atoms with Crippen molar-refractivity contribution >= 4 is 5.96 Å². The molecule has 2 N–H and O–H groups in total. The van der Waals surface area contributed by atoms with Gasteiger partial charge in [-0.3, -0.25) is 4.99 Å². The average Bonchev–Trinajstić information content (AvgIpc) is 3.09. The molecule has 0 saturated carbocycles. The number of rotatable bonds is 6. The van der Waals surface area contributed by atoms with Gasteiger partial charge in [0.15, 0.2) is 5.96 Å². The Bertz CT molecular complexity index is 609. The van der Waals surface area contributed by atoms with Crippen LogP contribution in [0.3, 0.4) is 0 Å². The lowest BCUT2D eigenvalue weighted by Gasteiger charge is -2.11. The van der Waals surface area contributed by atoms with Gasteiger partial charge in [0, 0.05) is 26.6 Å². The Balaban J connectivity index is 1.78. The first-order valence-electron chi connectivity index (χ1n) is 7.38. The van der Waals surface area contributed by atoms with E-state index < -0.39 is 0 Å². The van der Waals surface area contributed by atoms with E-state index in [0.29, 0.717) is 18.4 Å². The smallest absolute Gasteiger partial charge is 0.214 e. The van der Waals surface area contributed by atoms with Crippen LogP contribution in [-0.2, 0) is 19.5 Å². The number of hydrogen-bond donors (Lipinski definition) is 2. The van der Waals surface area contributed by atoms with Crippen LogP contribution in [0.2, 0.25) is 0 Å². The normalized spacial score (nSPS) is 11.7. The van der Waals surface area contributed by atoms with Crippen molar-refractivity contribution in [3.05, 3.63) is 29.5 Å². The van der Waals surface area contributed by atoms with Crippen molar-refractivity contribution in [1.29, 1.82) is 0 Å². The summed E-state index contributed by atoms with van der Waals surface area (Å²) in [6, 6.07) is 0. The lowest BCUT2D eigenvalue weighted by molar-refractivity contribution is 0.463. The number of nitrogens with one attached hydrogen (secondary N) is 2. The zero-order chi connectivity index (χ0) is 15.9. The number of nitrogens with zero attached hydrogens (tertiary/aromatic N) is 5. The van der Waals surface area contributed by atoms with E-state index in [1.807, 2.05) is 18.4 Å². The second-order valence-electron chi connectivity index (χ2n) is 4.90. The van der Waals surface area contributed by atoms with Gasteiger partial charge in [-0.05, 0) is 13.8 Å². The number of aliphatic imine (C=N–C) groups is 1. The minimum atomic E-state index is 0.501. The van der Waals surface area contributed by atoms with Gasteiger partial charge < -0.3 is 19.6 Å². The first-order chi connectivity index (χ1) is 10.6. The SMILES string of the molecule is CCc1nncn1CCNC(=NC)NCc1nc(C)c(C)o1. The van der Waals surface area contributed by atoms with Gasteiger partial charge in [0.25, 0.3) is 0 Å². The van der Waals surface area contributed by atoms with E-state index >= 15 is 0 Å². The Morgan fingerprint density at radius 1 is 1.36 bits per heavy atom. The largest absolute Gasteiger partial charge is 0.444 e. The van der Waals surface area contributed by atoms with Crippen LogP contribution in [0.4, 0.5) is 0 Å².